The van der Waals surface area contributed by atoms with E-state index in [-0.39, 0.29) is 0 Å². The van der Waals surface area contributed by atoms with Crippen molar-refractivity contribution in [1.82, 2.24) is 24.9 Å². The topological polar surface area (TPSA) is 50.1 Å². The van der Waals surface area contributed by atoms with Gasteiger partial charge in [0.05, 0.1) is 5.69 Å². The molecule has 0 spiro atoms. The van der Waals surface area contributed by atoms with Crippen molar-refractivity contribution in [2.75, 3.05) is 31.1 Å². The lowest BCUT2D eigenvalue weighted by molar-refractivity contribution is 0.327. The second-order valence-electron chi connectivity index (χ2n) is 7.03. The fourth-order valence-corrected chi connectivity index (χ4v) is 3.82. The quantitative estimate of drug-likeness (QED) is 0.843. The molecule has 0 radical (unpaired) electrons. The summed E-state index contributed by atoms with van der Waals surface area (Å²) in [7, 11) is 0. The van der Waals surface area contributed by atoms with Gasteiger partial charge >= 0.3 is 0 Å². The highest BCUT2D eigenvalue weighted by Gasteiger charge is 2.21. The van der Waals surface area contributed by atoms with Crippen molar-refractivity contribution in [3.05, 3.63) is 36.3 Å². The molecule has 6 heteroatoms. The zero-order chi connectivity index (χ0) is 16.2. The molecular formula is C18H26N6. The zero-order valence-electron chi connectivity index (χ0n) is 14.2. The lowest BCUT2D eigenvalue weighted by atomic mass is 9.97. The maximum absolute atomic E-state index is 4.46. The van der Waals surface area contributed by atoms with Crippen LogP contribution in [0.5, 0.6) is 0 Å². The summed E-state index contributed by atoms with van der Waals surface area (Å²) in [5.74, 6) is 1.79. The van der Waals surface area contributed by atoms with Gasteiger partial charge in [0, 0.05) is 38.6 Å². The number of pyridine rings is 1. The number of hydrogen-bond donors (Lipinski definition) is 0. The van der Waals surface area contributed by atoms with Crippen LogP contribution in [0.1, 0.15) is 31.4 Å². The van der Waals surface area contributed by atoms with E-state index in [1.807, 2.05) is 16.9 Å². The van der Waals surface area contributed by atoms with Gasteiger partial charge in [-0.05, 0) is 56.8 Å². The molecule has 128 valence electrons. The van der Waals surface area contributed by atoms with Crippen molar-refractivity contribution < 1.29 is 0 Å². The lowest BCUT2D eigenvalue weighted by Crippen LogP contribution is -2.35. The normalized spacial score (nSPS) is 19.9. The number of hydrogen-bond acceptors (Lipinski definition) is 5. The first-order valence-electron chi connectivity index (χ1n) is 9.14. The van der Waals surface area contributed by atoms with Crippen LogP contribution in [0.3, 0.4) is 0 Å². The number of aromatic nitrogens is 4. The minimum Gasteiger partial charge on any atom is -0.357 e. The molecular weight excluding hydrogens is 300 g/mol. The summed E-state index contributed by atoms with van der Waals surface area (Å²) >= 11 is 0. The van der Waals surface area contributed by atoms with Gasteiger partial charge in [-0.25, -0.2) is 4.98 Å². The van der Waals surface area contributed by atoms with Gasteiger partial charge < -0.3 is 4.90 Å². The van der Waals surface area contributed by atoms with E-state index >= 15 is 0 Å². The molecule has 0 saturated carbocycles. The standard InChI is InChI=1S/C18H26N6/c1-2-8-19-18(5-1)23-11-6-16(7-12-23)13-24-15-17(20-21-24)14-22-9-3-4-10-22/h1-2,5,8,15-16H,3-4,6-7,9-14H2. The summed E-state index contributed by atoms with van der Waals surface area (Å²) in [5.41, 5.74) is 1.11. The third-order valence-electron chi connectivity index (χ3n) is 5.20. The Morgan fingerprint density at radius 2 is 1.88 bits per heavy atom. The first kappa shape index (κ1) is 15.6. The maximum Gasteiger partial charge on any atom is 0.128 e. The van der Waals surface area contributed by atoms with Gasteiger partial charge in [0.2, 0.25) is 0 Å². The molecule has 2 aliphatic heterocycles. The molecule has 24 heavy (non-hydrogen) atoms. The van der Waals surface area contributed by atoms with Crippen molar-refractivity contribution in [3.8, 4) is 0 Å². The SMILES string of the molecule is c1ccc(N2CCC(Cn3cc(CN4CCCC4)nn3)CC2)nc1. The van der Waals surface area contributed by atoms with E-state index in [0.29, 0.717) is 5.92 Å². The van der Waals surface area contributed by atoms with Gasteiger partial charge in [-0.3, -0.25) is 9.58 Å². The average molecular weight is 326 g/mol. The monoisotopic (exact) mass is 326 g/mol. The van der Waals surface area contributed by atoms with E-state index in [1.165, 1.54) is 38.8 Å². The summed E-state index contributed by atoms with van der Waals surface area (Å²) in [6.07, 6.45) is 9.05. The lowest BCUT2D eigenvalue weighted by Gasteiger charge is -2.32. The summed E-state index contributed by atoms with van der Waals surface area (Å²) in [5, 5.41) is 8.70. The van der Waals surface area contributed by atoms with Gasteiger partial charge in [0.25, 0.3) is 0 Å². The molecule has 4 heterocycles. The second kappa shape index (κ2) is 7.30. The molecule has 4 rings (SSSR count). The Balaban J connectivity index is 1.27. The maximum atomic E-state index is 4.46. The highest BCUT2D eigenvalue weighted by Crippen LogP contribution is 2.22. The van der Waals surface area contributed by atoms with E-state index in [0.717, 1.165) is 37.7 Å². The van der Waals surface area contributed by atoms with Crippen LogP contribution in [-0.2, 0) is 13.1 Å². The molecule has 2 aliphatic rings. The van der Waals surface area contributed by atoms with Crippen LogP contribution in [-0.4, -0.2) is 51.1 Å². The van der Waals surface area contributed by atoms with Crippen LogP contribution in [0.4, 0.5) is 5.82 Å². The highest BCUT2D eigenvalue weighted by atomic mass is 15.4. The Kier molecular flexibility index (Phi) is 4.74. The van der Waals surface area contributed by atoms with Crippen LogP contribution >= 0.6 is 0 Å². The Bertz CT molecular complexity index is 626. The molecule has 2 fully saturated rings. The first-order chi connectivity index (χ1) is 11.9. The van der Waals surface area contributed by atoms with Crippen LogP contribution in [0.15, 0.2) is 30.6 Å². The molecule has 0 aromatic carbocycles. The summed E-state index contributed by atoms with van der Waals surface area (Å²) < 4.78 is 2.05. The van der Waals surface area contributed by atoms with Crippen molar-refractivity contribution in [3.63, 3.8) is 0 Å². The molecule has 0 bridgehead atoms. The number of anilines is 1. The molecule has 0 N–H and O–H groups in total. The highest BCUT2D eigenvalue weighted by molar-refractivity contribution is 5.37. The zero-order valence-corrected chi connectivity index (χ0v) is 14.2. The van der Waals surface area contributed by atoms with Crippen LogP contribution < -0.4 is 4.90 Å². The van der Waals surface area contributed by atoms with Crippen molar-refractivity contribution >= 4 is 5.82 Å². The van der Waals surface area contributed by atoms with E-state index in [1.54, 1.807) is 0 Å². The summed E-state index contributed by atoms with van der Waals surface area (Å²) in [6, 6.07) is 6.13. The minimum absolute atomic E-state index is 0.686. The molecule has 0 atom stereocenters. The number of likely N-dealkylation sites (tertiary alicyclic amines) is 1. The van der Waals surface area contributed by atoms with Crippen LogP contribution in [0.25, 0.3) is 0 Å². The Morgan fingerprint density at radius 3 is 2.62 bits per heavy atom. The molecule has 2 aromatic heterocycles. The second-order valence-corrected chi connectivity index (χ2v) is 7.03. The number of nitrogens with zero attached hydrogens (tertiary/aromatic N) is 6. The van der Waals surface area contributed by atoms with Crippen LogP contribution in [0, 0.1) is 5.92 Å². The largest absolute Gasteiger partial charge is 0.357 e. The van der Waals surface area contributed by atoms with Crippen molar-refractivity contribution in [2.24, 2.45) is 5.92 Å². The molecule has 2 saturated heterocycles. The first-order valence-corrected chi connectivity index (χ1v) is 9.14. The number of rotatable bonds is 5. The van der Waals surface area contributed by atoms with E-state index in [4.69, 9.17) is 0 Å². The van der Waals surface area contributed by atoms with Gasteiger partial charge in [0.15, 0.2) is 0 Å². The molecule has 6 nitrogen and oxygen atoms in total. The van der Waals surface area contributed by atoms with E-state index in [2.05, 4.69) is 43.4 Å². The van der Waals surface area contributed by atoms with Crippen molar-refractivity contribution in [2.45, 2.75) is 38.8 Å². The fourth-order valence-electron chi connectivity index (χ4n) is 3.82. The minimum atomic E-state index is 0.686. The van der Waals surface area contributed by atoms with Gasteiger partial charge in [-0.15, -0.1) is 5.10 Å². The fraction of sp³-hybridized carbons (Fsp3) is 0.611. The molecule has 2 aromatic rings. The van der Waals surface area contributed by atoms with E-state index < -0.39 is 0 Å². The van der Waals surface area contributed by atoms with Crippen LogP contribution in [0.2, 0.25) is 0 Å². The third kappa shape index (κ3) is 3.75. The average Bonchev–Trinajstić information content (AvgIpc) is 3.29. The predicted molar refractivity (Wildman–Crippen MR) is 93.7 cm³/mol. The van der Waals surface area contributed by atoms with Crippen molar-refractivity contribution in [1.29, 1.82) is 0 Å². The summed E-state index contributed by atoms with van der Waals surface area (Å²) in [4.78, 5) is 9.31. The Hall–Kier alpha value is -1.95. The number of piperidine rings is 1. The summed E-state index contributed by atoms with van der Waals surface area (Å²) in [6.45, 7) is 6.52. The molecule has 0 amide bonds. The Labute approximate surface area is 143 Å². The third-order valence-corrected chi connectivity index (χ3v) is 5.20. The van der Waals surface area contributed by atoms with E-state index in [9.17, 15) is 0 Å². The predicted octanol–water partition coefficient (Wildman–Crippen LogP) is 2.19. The molecule has 0 unspecified atom stereocenters. The Morgan fingerprint density at radius 1 is 1.04 bits per heavy atom. The molecule has 0 aliphatic carbocycles. The van der Waals surface area contributed by atoms with Gasteiger partial charge in [-0.1, -0.05) is 11.3 Å². The van der Waals surface area contributed by atoms with Gasteiger partial charge in [-0.2, -0.15) is 0 Å². The smallest absolute Gasteiger partial charge is 0.128 e. The van der Waals surface area contributed by atoms with Gasteiger partial charge in [0.1, 0.15) is 5.82 Å².